The summed E-state index contributed by atoms with van der Waals surface area (Å²) in [5.41, 5.74) is -0.676. The summed E-state index contributed by atoms with van der Waals surface area (Å²) in [6, 6.07) is 9.62. The second-order valence-electron chi connectivity index (χ2n) is 3.93. The van der Waals surface area contributed by atoms with Gasteiger partial charge in [0.1, 0.15) is 12.4 Å². The molecule has 1 rings (SSSR count). The average Bonchev–Trinajstić information content (AvgIpc) is 2.28. The van der Waals surface area contributed by atoms with Gasteiger partial charge in [0, 0.05) is 0 Å². The van der Waals surface area contributed by atoms with Crippen molar-refractivity contribution >= 4 is 0 Å². The Kier molecular flexibility index (Phi) is 4.63. The van der Waals surface area contributed by atoms with Crippen molar-refractivity contribution in [1.29, 1.82) is 0 Å². The lowest BCUT2D eigenvalue weighted by molar-refractivity contribution is -0.0158. The molecule has 1 aromatic carbocycles. The van der Waals surface area contributed by atoms with Crippen LogP contribution in [0, 0.1) is 0 Å². The zero-order valence-corrected chi connectivity index (χ0v) is 9.57. The number of para-hydroxylation sites is 1. The van der Waals surface area contributed by atoms with Crippen molar-refractivity contribution in [3.05, 3.63) is 30.3 Å². The predicted molar refractivity (Wildman–Crippen MR) is 62.1 cm³/mol. The zero-order valence-electron chi connectivity index (χ0n) is 9.57. The van der Waals surface area contributed by atoms with Crippen LogP contribution in [0.5, 0.6) is 5.75 Å². The summed E-state index contributed by atoms with van der Waals surface area (Å²) in [6.45, 7) is 4.44. The highest BCUT2D eigenvalue weighted by Gasteiger charge is 2.24. The van der Waals surface area contributed by atoms with Crippen LogP contribution in [0.3, 0.4) is 0 Å². The smallest absolute Gasteiger partial charge is 0.119 e. The minimum Gasteiger partial charge on any atom is -0.491 e. The van der Waals surface area contributed by atoms with Gasteiger partial charge < -0.3 is 9.84 Å². The van der Waals surface area contributed by atoms with Gasteiger partial charge in [0.05, 0.1) is 5.60 Å². The molecule has 1 atom stereocenters. The molecule has 0 fully saturated rings. The number of hydrogen-bond donors (Lipinski definition) is 1. The SMILES string of the molecule is CCCC(O)(CC)COc1ccccc1. The number of benzene rings is 1. The standard InChI is InChI=1S/C13H20O2/c1-3-10-13(14,4-2)11-15-12-8-6-5-7-9-12/h5-9,14H,3-4,10-11H2,1-2H3. The summed E-state index contributed by atoms with van der Waals surface area (Å²) in [5, 5.41) is 10.2. The molecule has 1 unspecified atom stereocenters. The Bertz CT molecular complexity index is 271. The Morgan fingerprint density at radius 1 is 1.20 bits per heavy atom. The fraction of sp³-hybridized carbons (Fsp3) is 0.538. The molecule has 0 bridgehead atoms. The van der Waals surface area contributed by atoms with Gasteiger partial charge in [0.25, 0.3) is 0 Å². The van der Waals surface area contributed by atoms with E-state index in [1.165, 1.54) is 0 Å². The van der Waals surface area contributed by atoms with Gasteiger partial charge in [0.2, 0.25) is 0 Å². The van der Waals surface area contributed by atoms with Gasteiger partial charge in [-0.3, -0.25) is 0 Å². The number of hydrogen-bond acceptors (Lipinski definition) is 2. The molecule has 0 aliphatic heterocycles. The zero-order chi connectivity index (χ0) is 11.1. The molecular weight excluding hydrogens is 188 g/mol. The van der Waals surface area contributed by atoms with E-state index in [1.807, 2.05) is 37.3 Å². The van der Waals surface area contributed by atoms with E-state index in [4.69, 9.17) is 4.74 Å². The Morgan fingerprint density at radius 2 is 1.87 bits per heavy atom. The van der Waals surface area contributed by atoms with Crippen LogP contribution in [0.1, 0.15) is 33.1 Å². The van der Waals surface area contributed by atoms with Gasteiger partial charge in [-0.15, -0.1) is 0 Å². The molecule has 1 aromatic rings. The topological polar surface area (TPSA) is 29.5 Å². The van der Waals surface area contributed by atoms with Gasteiger partial charge in [0.15, 0.2) is 0 Å². The van der Waals surface area contributed by atoms with E-state index in [0.29, 0.717) is 6.61 Å². The molecule has 0 radical (unpaired) electrons. The Balaban J connectivity index is 2.47. The van der Waals surface area contributed by atoms with Crippen LogP contribution in [-0.2, 0) is 0 Å². The molecule has 0 spiro atoms. The van der Waals surface area contributed by atoms with Crippen LogP contribution >= 0.6 is 0 Å². The van der Waals surface area contributed by atoms with Crippen molar-refractivity contribution in [1.82, 2.24) is 0 Å². The van der Waals surface area contributed by atoms with Crippen molar-refractivity contribution < 1.29 is 9.84 Å². The van der Waals surface area contributed by atoms with Gasteiger partial charge in [-0.25, -0.2) is 0 Å². The van der Waals surface area contributed by atoms with Crippen LogP contribution in [0.4, 0.5) is 0 Å². The predicted octanol–water partition coefficient (Wildman–Crippen LogP) is 3.01. The maximum absolute atomic E-state index is 10.2. The molecule has 0 heterocycles. The molecule has 1 N–H and O–H groups in total. The molecular formula is C13H20O2. The Labute approximate surface area is 91.9 Å². The third-order valence-electron chi connectivity index (χ3n) is 2.62. The average molecular weight is 208 g/mol. The normalized spacial score (nSPS) is 14.6. The third kappa shape index (κ3) is 3.92. The highest BCUT2D eigenvalue weighted by atomic mass is 16.5. The molecule has 0 aliphatic carbocycles. The minimum absolute atomic E-state index is 0.376. The van der Waals surface area contributed by atoms with Crippen LogP contribution < -0.4 is 4.74 Å². The fourth-order valence-corrected chi connectivity index (χ4v) is 1.55. The monoisotopic (exact) mass is 208 g/mol. The third-order valence-corrected chi connectivity index (χ3v) is 2.62. The number of rotatable bonds is 6. The molecule has 0 saturated heterocycles. The lowest BCUT2D eigenvalue weighted by Gasteiger charge is -2.26. The Morgan fingerprint density at radius 3 is 2.40 bits per heavy atom. The van der Waals surface area contributed by atoms with Crippen LogP contribution in [-0.4, -0.2) is 17.3 Å². The second kappa shape index (κ2) is 5.76. The molecule has 0 aromatic heterocycles. The lowest BCUT2D eigenvalue weighted by Crippen LogP contribution is -2.35. The molecule has 0 saturated carbocycles. The van der Waals surface area contributed by atoms with E-state index in [0.717, 1.165) is 25.0 Å². The molecule has 2 heteroatoms. The summed E-state index contributed by atoms with van der Waals surface area (Å²) in [5.74, 6) is 0.820. The highest BCUT2D eigenvalue weighted by Crippen LogP contribution is 2.19. The van der Waals surface area contributed by atoms with E-state index in [1.54, 1.807) is 0 Å². The van der Waals surface area contributed by atoms with E-state index < -0.39 is 5.60 Å². The minimum atomic E-state index is -0.676. The van der Waals surface area contributed by atoms with E-state index in [9.17, 15) is 5.11 Å². The summed E-state index contributed by atoms with van der Waals surface area (Å²) in [6.07, 6.45) is 2.49. The summed E-state index contributed by atoms with van der Waals surface area (Å²) < 4.78 is 5.56. The maximum atomic E-state index is 10.2. The van der Waals surface area contributed by atoms with Crippen LogP contribution in [0.25, 0.3) is 0 Å². The first-order chi connectivity index (χ1) is 7.20. The van der Waals surface area contributed by atoms with E-state index in [2.05, 4.69) is 6.92 Å². The van der Waals surface area contributed by atoms with Gasteiger partial charge in [-0.05, 0) is 25.0 Å². The second-order valence-corrected chi connectivity index (χ2v) is 3.93. The summed E-state index contributed by atoms with van der Waals surface area (Å²) in [4.78, 5) is 0. The van der Waals surface area contributed by atoms with E-state index >= 15 is 0 Å². The molecule has 2 nitrogen and oxygen atoms in total. The van der Waals surface area contributed by atoms with Crippen molar-refractivity contribution in [3.8, 4) is 5.75 Å². The van der Waals surface area contributed by atoms with Gasteiger partial charge in [-0.1, -0.05) is 38.5 Å². The van der Waals surface area contributed by atoms with Crippen molar-refractivity contribution in [2.45, 2.75) is 38.7 Å². The van der Waals surface area contributed by atoms with Crippen molar-refractivity contribution in [3.63, 3.8) is 0 Å². The first-order valence-electron chi connectivity index (χ1n) is 5.60. The van der Waals surface area contributed by atoms with E-state index in [-0.39, 0.29) is 0 Å². The number of ether oxygens (including phenoxy) is 1. The van der Waals surface area contributed by atoms with Crippen LogP contribution in [0.15, 0.2) is 30.3 Å². The molecule has 15 heavy (non-hydrogen) atoms. The molecule has 0 amide bonds. The summed E-state index contributed by atoms with van der Waals surface area (Å²) >= 11 is 0. The lowest BCUT2D eigenvalue weighted by atomic mass is 9.96. The van der Waals surface area contributed by atoms with Gasteiger partial charge >= 0.3 is 0 Å². The fourth-order valence-electron chi connectivity index (χ4n) is 1.55. The largest absolute Gasteiger partial charge is 0.491 e. The highest BCUT2D eigenvalue weighted by molar-refractivity contribution is 5.21. The van der Waals surface area contributed by atoms with Crippen molar-refractivity contribution in [2.24, 2.45) is 0 Å². The molecule has 0 aliphatic rings. The Hall–Kier alpha value is -1.02. The first kappa shape index (κ1) is 12.1. The molecule has 84 valence electrons. The quantitative estimate of drug-likeness (QED) is 0.778. The maximum Gasteiger partial charge on any atom is 0.119 e. The van der Waals surface area contributed by atoms with Crippen molar-refractivity contribution in [2.75, 3.05) is 6.61 Å². The first-order valence-corrected chi connectivity index (χ1v) is 5.60. The summed E-state index contributed by atoms with van der Waals surface area (Å²) in [7, 11) is 0. The number of aliphatic hydroxyl groups is 1. The van der Waals surface area contributed by atoms with Crippen LogP contribution in [0.2, 0.25) is 0 Å². The van der Waals surface area contributed by atoms with Gasteiger partial charge in [-0.2, -0.15) is 0 Å².